The van der Waals surface area contributed by atoms with Crippen molar-refractivity contribution in [2.75, 3.05) is 6.54 Å². The Bertz CT molecular complexity index is 364. The molecule has 0 aromatic carbocycles. The molecule has 0 aliphatic rings. The van der Waals surface area contributed by atoms with E-state index in [-0.39, 0.29) is 17.4 Å². The zero-order chi connectivity index (χ0) is 14.3. The first-order valence-corrected chi connectivity index (χ1v) is 8.29. The topological polar surface area (TPSA) is 44.1 Å². The number of hydrogen-bond acceptors (Lipinski definition) is 2. The van der Waals surface area contributed by atoms with Gasteiger partial charge in [0.1, 0.15) is 0 Å². The maximum Gasteiger partial charge on any atom is 0.155 e. The molecule has 0 spiro atoms. The van der Waals surface area contributed by atoms with E-state index in [1.54, 1.807) is 0 Å². The average molecular weight is 268 g/mol. The molecule has 0 amide bonds. The van der Waals surface area contributed by atoms with Crippen molar-refractivity contribution < 1.29 is 4.57 Å². The van der Waals surface area contributed by atoms with E-state index in [1.165, 1.54) is 0 Å². The molecule has 0 fully saturated rings. The summed E-state index contributed by atoms with van der Waals surface area (Å²) in [6, 6.07) is 2.19. The fourth-order valence-corrected chi connectivity index (χ4v) is 5.80. The summed E-state index contributed by atoms with van der Waals surface area (Å²) in [5.41, 5.74) is 0.160. The summed E-state index contributed by atoms with van der Waals surface area (Å²) in [5, 5.41) is 8.76. The van der Waals surface area contributed by atoms with Crippen molar-refractivity contribution in [3.8, 4) is 18.4 Å². The van der Waals surface area contributed by atoms with Gasteiger partial charge in [-0.05, 0) is 6.92 Å². The van der Waals surface area contributed by atoms with Gasteiger partial charge in [0.15, 0.2) is 7.29 Å². The predicted octanol–water partition coefficient (Wildman–Crippen LogP) is 3.71. The first kappa shape index (κ1) is 17.2. The normalized spacial score (nSPS) is 13.7. The lowest BCUT2D eigenvalue weighted by atomic mass is 10.2. The highest BCUT2D eigenvalue weighted by Gasteiger charge is 2.38. The minimum atomic E-state index is -2.50. The predicted molar refractivity (Wildman–Crippen MR) is 77.7 cm³/mol. The molecule has 102 valence electrons. The van der Waals surface area contributed by atoms with Crippen molar-refractivity contribution in [2.45, 2.75) is 64.8 Å². The summed E-state index contributed by atoms with van der Waals surface area (Å²) in [7, 11) is -2.50. The Balaban J connectivity index is 5.33. The van der Waals surface area contributed by atoms with E-state index in [9.17, 15) is 4.57 Å². The van der Waals surface area contributed by atoms with E-state index in [1.807, 2.05) is 39.3 Å². The number of nitriles is 1. The van der Waals surface area contributed by atoms with Crippen LogP contribution >= 0.6 is 7.29 Å². The van der Waals surface area contributed by atoms with Crippen LogP contribution in [0, 0.1) is 23.7 Å². The molecule has 0 radical (unpaired) electrons. The Morgan fingerprint density at radius 1 is 1.22 bits per heavy atom. The Labute approximate surface area is 112 Å². The smallest absolute Gasteiger partial charge is 0.155 e. The number of rotatable bonds is 7. The van der Waals surface area contributed by atoms with Crippen LogP contribution < -0.4 is 0 Å². The van der Waals surface area contributed by atoms with Crippen LogP contribution in [0.3, 0.4) is 0 Å². The summed E-state index contributed by atoms with van der Waals surface area (Å²) in [6.07, 6.45) is 6.31. The van der Waals surface area contributed by atoms with Crippen LogP contribution in [0.5, 0.6) is 0 Å². The molecule has 0 bridgehead atoms. The lowest BCUT2D eigenvalue weighted by Gasteiger charge is -2.40. The Kier molecular flexibility index (Phi) is 7.30. The van der Waals surface area contributed by atoms with E-state index in [2.05, 4.69) is 12.0 Å². The molecule has 0 heterocycles. The van der Waals surface area contributed by atoms with E-state index in [4.69, 9.17) is 11.7 Å². The molecule has 0 rings (SSSR count). The van der Waals surface area contributed by atoms with E-state index < -0.39 is 7.29 Å². The average Bonchev–Trinajstić information content (AvgIpc) is 2.28. The molecule has 0 N–H and O–H groups in total. The van der Waals surface area contributed by atoms with Crippen molar-refractivity contribution in [1.29, 1.82) is 5.26 Å². The fourth-order valence-electron chi connectivity index (χ4n) is 2.31. The highest BCUT2D eigenvalue weighted by Crippen LogP contribution is 2.59. The molecule has 0 saturated carbocycles. The van der Waals surface area contributed by atoms with Crippen molar-refractivity contribution in [1.82, 2.24) is 4.67 Å². The van der Waals surface area contributed by atoms with Crippen molar-refractivity contribution in [3.63, 3.8) is 0 Å². The van der Waals surface area contributed by atoms with Gasteiger partial charge in [0.05, 0.1) is 6.07 Å². The van der Waals surface area contributed by atoms with Crippen molar-refractivity contribution >= 4 is 7.29 Å². The van der Waals surface area contributed by atoms with Crippen LogP contribution in [-0.2, 0) is 4.57 Å². The summed E-state index contributed by atoms with van der Waals surface area (Å²) in [4.78, 5) is 0. The molecule has 18 heavy (non-hydrogen) atoms. The molecule has 0 aromatic heterocycles. The Hall–Kier alpha value is -0.760. The van der Waals surface area contributed by atoms with Gasteiger partial charge >= 0.3 is 0 Å². The second kappa shape index (κ2) is 7.63. The van der Waals surface area contributed by atoms with Gasteiger partial charge in [0, 0.05) is 36.7 Å². The molecule has 0 saturated heterocycles. The molecular formula is C14H25N2OP. The lowest BCUT2D eigenvalue weighted by Crippen LogP contribution is -2.36. The van der Waals surface area contributed by atoms with Gasteiger partial charge < -0.3 is 4.57 Å². The Morgan fingerprint density at radius 3 is 2.06 bits per heavy atom. The van der Waals surface area contributed by atoms with Crippen LogP contribution in [0.2, 0.25) is 0 Å². The molecule has 3 nitrogen and oxygen atoms in total. The fraction of sp³-hybridized carbons (Fsp3) is 0.786. The molecular weight excluding hydrogens is 243 g/mol. The second-order valence-electron chi connectivity index (χ2n) is 5.19. The second-order valence-corrected chi connectivity index (χ2v) is 9.11. The summed E-state index contributed by atoms with van der Waals surface area (Å²) < 4.78 is 15.3. The molecule has 0 aromatic rings. The van der Waals surface area contributed by atoms with Gasteiger partial charge in [0.25, 0.3) is 0 Å². The zero-order valence-electron chi connectivity index (χ0n) is 12.2. The maximum atomic E-state index is 13.3. The van der Waals surface area contributed by atoms with Crippen LogP contribution in [0.4, 0.5) is 0 Å². The summed E-state index contributed by atoms with van der Waals surface area (Å²) >= 11 is 0. The van der Waals surface area contributed by atoms with Crippen molar-refractivity contribution in [2.24, 2.45) is 0 Å². The zero-order valence-corrected chi connectivity index (χ0v) is 13.1. The lowest BCUT2D eigenvalue weighted by molar-refractivity contribution is 0.335. The SMILES string of the molecule is C#CCC(C)N(CCC#N)P(=O)(C(C)C)C(C)C. The van der Waals surface area contributed by atoms with Gasteiger partial charge in [-0.1, -0.05) is 27.7 Å². The van der Waals surface area contributed by atoms with Crippen LogP contribution in [-0.4, -0.2) is 28.6 Å². The standard InChI is InChI=1S/C14H25N2OP/c1-7-9-14(6)16(11-8-10-15)18(17,12(2)3)13(4)5/h1,12-14H,8-9,11H2,2-6H3. The molecule has 1 unspecified atom stereocenters. The maximum absolute atomic E-state index is 13.3. The summed E-state index contributed by atoms with van der Waals surface area (Å²) in [5.74, 6) is 2.63. The largest absolute Gasteiger partial charge is 0.306 e. The highest BCUT2D eigenvalue weighted by atomic mass is 31.2. The number of nitrogens with zero attached hydrogens (tertiary/aromatic N) is 2. The molecule has 1 atom stereocenters. The highest BCUT2D eigenvalue weighted by molar-refractivity contribution is 7.62. The van der Waals surface area contributed by atoms with Gasteiger partial charge in [0.2, 0.25) is 0 Å². The third-order valence-electron chi connectivity index (χ3n) is 3.26. The van der Waals surface area contributed by atoms with E-state index >= 15 is 0 Å². The number of terminal acetylenes is 1. The monoisotopic (exact) mass is 268 g/mol. The van der Waals surface area contributed by atoms with E-state index in [0.29, 0.717) is 19.4 Å². The minimum absolute atomic E-state index is 0.0546. The van der Waals surface area contributed by atoms with E-state index in [0.717, 1.165) is 0 Å². The van der Waals surface area contributed by atoms with Gasteiger partial charge in [-0.2, -0.15) is 5.26 Å². The van der Waals surface area contributed by atoms with Gasteiger partial charge in [-0.3, -0.25) is 0 Å². The summed E-state index contributed by atoms with van der Waals surface area (Å²) in [6.45, 7) is 10.5. The molecule has 0 aliphatic heterocycles. The van der Waals surface area contributed by atoms with Gasteiger partial charge in [-0.25, -0.2) is 4.67 Å². The first-order valence-electron chi connectivity index (χ1n) is 6.49. The third kappa shape index (κ3) is 3.88. The van der Waals surface area contributed by atoms with Gasteiger partial charge in [-0.15, -0.1) is 12.3 Å². The first-order chi connectivity index (χ1) is 8.32. The Morgan fingerprint density at radius 2 is 1.72 bits per heavy atom. The molecule has 0 aliphatic carbocycles. The minimum Gasteiger partial charge on any atom is -0.306 e. The van der Waals surface area contributed by atoms with Crippen LogP contribution in [0.1, 0.15) is 47.5 Å². The third-order valence-corrected chi connectivity index (χ3v) is 7.61. The van der Waals surface area contributed by atoms with Crippen LogP contribution in [0.15, 0.2) is 0 Å². The quantitative estimate of drug-likeness (QED) is 0.522. The van der Waals surface area contributed by atoms with Crippen LogP contribution in [0.25, 0.3) is 0 Å². The molecule has 4 heteroatoms. The number of hydrogen-bond donors (Lipinski definition) is 0. The van der Waals surface area contributed by atoms with Crippen molar-refractivity contribution in [3.05, 3.63) is 0 Å².